The summed E-state index contributed by atoms with van der Waals surface area (Å²) in [5.74, 6) is 0.0799. The van der Waals surface area contributed by atoms with Crippen LogP contribution in [0.4, 0.5) is 0 Å². The maximum Gasteiger partial charge on any atom is 0.166 e. The van der Waals surface area contributed by atoms with Gasteiger partial charge < -0.3 is 5.73 Å². The summed E-state index contributed by atoms with van der Waals surface area (Å²) >= 11 is 1.28. The molecule has 1 rings (SSSR count). The normalized spacial score (nSPS) is 9.70. The molecule has 0 amide bonds. The van der Waals surface area contributed by atoms with Crippen LogP contribution < -0.4 is 5.73 Å². The molecule has 0 atom stereocenters. The van der Waals surface area contributed by atoms with Crippen LogP contribution >= 0.6 is 11.5 Å². The van der Waals surface area contributed by atoms with E-state index < -0.39 is 0 Å². The topological polar surface area (TPSA) is 56.0 Å². The molecule has 54 valence electrons. The number of Topliss-reactive ketones (excluding diaryl/α,β-unsaturated/α-hetero) is 1. The monoisotopic (exact) mass is 156 g/mol. The molecule has 1 aromatic rings. The van der Waals surface area contributed by atoms with E-state index in [-0.39, 0.29) is 5.78 Å². The van der Waals surface area contributed by atoms with Crippen molar-refractivity contribution in [2.75, 3.05) is 6.54 Å². The van der Waals surface area contributed by atoms with Crippen molar-refractivity contribution in [3.05, 3.63) is 17.1 Å². The van der Waals surface area contributed by atoms with Gasteiger partial charge in [-0.1, -0.05) is 0 Å². The van der Waals surface area contributed by atoms with Crippen molar-refractivity contribution < 1.29 is 4.79 Å². The lowest BCUT2D eigenvalue weighted by Crippen LogP contribution is -2.06. The maximum absolute atomic E-state index is 11.0. The number of nitrogens with zero attached hydrogens (tertiary/aromatic N) is 1. The van der Waals surface area contributed by atoms with Gasteiger partial charge in [-0.25, -0.2) is 4.37 Å². The molecular weight excluding hydrogens is 148 g/mol. The maximum atomic E-state index is 11.0. The van der Waals surface area contributed by atoms with E-state index in [1.807, 2.05) is 0 Å². The van der Waals surface area contributed by atoms with E-state index in [4.69, 9.17) is 5.73 Å². The van der Waals surface area contributed by atoms with Crippen LogP contribution in [0, 0.1) is 0 Å². The first kappa shape index (κ1) is 7.37. The first-order chi connectivity index (χ1) is 4.84. The number of nitrogens with two attached hydrogens (primary N) is 1. The molecule has 1 aromatic heterocycles. The number of ketones is 1. The predicted molar refractivity (Wildman–Crippen MR) is 40.1 cm³/mol. The smallest absolute Gasteiger partial charge is 0.166 e. The van der Waals surface area contributed by atoms with E-state index in [9.17, 15) is 4.79 Å². The van der Waals surface area contributed by atoms with Gasteiger partial charge >= 0.3 is 0 Å². The van der Waals surface area contributed by atoms with Crippen molar-refractivity contribution in [3.63, 3.8) is 0 Å². The molecule has 0 bridgehead atoms. The van der Waals surface area contributed by atoms with E-state index in [0.717, 1.165) is 0 Å². The SMILES string of the molecule is NCCC(=O)c1cnsc1. The highest BCUT2D eigenvalue weighted by Gasteiger charge is 2.03. The van der Waals surface area contributed by atoms with E-state index >= 15 is 0 Å². The summed E-state index contributed by atoms with van der Waals surface area (Å²) in [6.45, 7) is 0.411. The van der Waals surface area contributed by atoms with Crippen LogP contribution in [0.15, 0.2) is 11.6 Å². The van der Waals surface area contributed by atoms with E-state index in [0.29, 0.717) is 18.5 Å². The van der Waals surface area contributed by atoms with Crippen LogP contribution in [0.25, 0.3) is 0 Å². The lowest BCUT2D eigenvalue weighted by molar-refractivity contribution is 0.0985. The van der Waals surface area contributed by atoms with Crippen LogP contribution in [0.1, 0.15) is 16.8 Å². The van der Waals surface area contributed by atoms with Crippen LogP contribution in [-0.2, 0) is 0 Å². The van der Waals surface area contributed by atoms with Crippen LogP contribution in [0.3, 0.4) is 0 Å². The molecule has 0 aliphatic rings. The van der Waals surface area contributed by atoms with Gasteiger partial charge in [0.2, 0.25) is 0 Å². The van der Waals surface area contributed by atoms with E-state index in [1.165, 1.54) is 11.5 Å². The number of carbonyl (C=O) groups is 1. The molecule has 4 heteroatoms. The summed E-state index contributed by atoms with van der Waals surface area (Å²) in [5.41, 5.74) is 5.87. The minimum Gasteiger partial charge on any atom is -0.330 e. The Morgan fingerprint density at radius 2 is 2.60 bits per heavy atom. The van der Waals surface area contributed by atoms with Gasteiger partial charge in [0, 0.05) is 17.4 Å². The number of aromatic nitrogens is 1. The number of hydrogen-bond donors (Lipinski definition) is 1. The molecule has 0 spiro atoms. The minimum atomic E-state index is 0.0799. The van der Waals surface area contributed by atoms with Gasteiger partial charge in [-0.3, -0.25) is 4.79 Å². The lowest BCUT2D eigenvalue weighted by Gasteiger charge is -1.90. The molecule has 1 heterocycles. The molecule has 0 saturated heterocycles. The quantitative estimate of drug-likeness (QED) is 0.654. The fourth-order valence-corrected chi connectivity index (χ4v) is 1.16. The Balaban J connectivity index is 2.59. The van der Waals surface area contributed by atoms with Gasteiger partial charge in [0.1, 0.15) is 0 Å². The third kappa shape index (κ3) is 1.62. The van der Waals surface area contributed by atoms with Crippen molar-refractivity contribution in [1.29, 1.82) is 0 Å². The van der Waals surface area contributed by atoms with Crippen molar-refractivity contribution in [1.82, 2.24) is 4.37 Å². The van der Waals surface area contributed by atoms with Crippen molar-refractivity contribution in [2.45, 2.75) is 6.42 Å². The lowest BCUT2D eigenvalue weighted by atomic mass is 10.2. The fourth-order valence-electron chi connectivity index (χ4n) is 0.618. The Kier molecular flexibility index (Phi) is 2.53. The zero-order chi connectivity index (χ0) is 7.40. The standard InChI is InChI=1S/C6H8N2OS/c7-2-1-6(9)5-3-8-10-4-5/h3-4H,1-2,7H2. The minimum absolute atomic E-state index is 0.0799. The van der Waals surface area contributed by atoms with Crippen LogP contribution in [0.2, 0.25) is 0 Å². The van der Waals surface area contributed by atoms with Gasteiger partial charge in [0.25, 0.3) is 0 Å². The molecule has 3 nitrogen and oxygen atoms in total. The molecule has 0 unspecified atom stereocenters. The Morgan fingerprint density at radius 1 is 1.80 bits per heavy atom. The highest BCUT2D eigenvalue weighted by atomic mass is 32.1. The molecule has 2 N–H and O–H groups in total. The highest BCUT2D eigenvalue weighted by Crippen LogP contribution is 2.03. The molecule has 0 aliphatic carbocycles. The first-order valence-corrected chi connectivity index (χ1v) is 3.81. The molecule has 0 aliphatic heterocycles. The highest BCUT2D eigenvalue weighted by molar-refractivity contribution is 7.03. The molecule has 0 fully saturated rings. The van der Waals surface area contributed by atoms with Crippen molar-refractivity contribution >= 4 is 17.3 Å². The zero-order valence-electron chi connectivity index (χ0n) is 5.41. The zero-order valence-corrected chi connectivity index (χ0v) is 6.23. The summed E-state index contributed by atoms with van der Waals surface area (Å²) in [5, 5.41) is 1.73. The van der Waals surface area contributed by atoms with Gasteiger partial charge in [-0.05, 0) is 18.1 Å². The second-order valence-corrected chi connectivity index (χ2v) is 2.53. The molecule has 0 radical (unpaired) electrons. The Hall–Kier alpha value is -0.740. The Labute approximate surface area is 63.0 Å². The number of rotatable bonds is 3. The largest absolute Gasteiger partial charge is 0.330 e. The van der Waals surface area contributed by atoms with E-state index in [1.54, 1.807) is 11.6 Å². The summed E-state index contributed by atoms with van der Waals surface area (Å²) in [7, 11) is 0. The van der Waals surface area contributed by atoms with Gasteiger partial charge in [0.15, 0.2) is 5.78 Å². The summed E-state index contributed by atoms with van der Waals surface area (Å²) in [4.78, 5) is 11.0. The molecule has 0 aromatic carbocycles. The first-order valence-electron chi connectivity index (χ1n) is 2.97. The third-order valence-electron chi connectivity index (χ3n) is 1.13. The Morgan fingerprint density at radius 3 is 3.10 bits per heavy atom. The molecule has 0 saturated carbocycles. The van der Waals surface area contributed by atoms with Crippen molar-refractivity contribution in [2.24, 2.45) is 5.73 Å². The summed E-state index contributed by atoms with van der Waals surface area (Å²) in [6.07, 6.45) is 1.99. The van der Waals surface area contributed by atoms with Gasteiger partial charge in [0.05, 0.1) is 6.20 Å². The summed E-state index contributed by atoms with van der Waals surface area (Å²) in [6, 6.07) is 0. The molecule has 10 heavy (non-hydrogen) atoms. The van der Waals surface area contributed by atoms with Gasteiger partial charge in [-0.2, -0.15) is 0 Å². The predicted octanol–water partition coefficient (Wildman–Crippen LogP) is 0.675. The number of carbonyl (C=O) groups excluding carboxylic acids is 1. The van der Waals surface area contributed by atoms with Crippen molar-refractivity contribution in [3.8, 4) is 0 Å². The number of hydrogen-bond acceptors (Lipinski definition) is 4. The summed E-state index contributed by atoms with van der Waals surface area (Å²) < 4.78 is 3.81. The second kappa shape index (κ2) is 3.43. The third-order valence-corrected chi connectivity index (χ3v) is 1.71. The Bertz CT molecular complexity index is 208. The average Bonchev–Trinajstić information content (AvgIpc) is 2.38. The average molecular weight is 156 g/mol. The van der Waals surface area contributed by atoms with Crippen LogP contribution in [-0.4, -0.2) is 16.7 Å². The van der Waals surface area contributed by atoms with Gasteiger partial charge in [-0.15, -0.1) is 0 Å². The molecular formula is C6H8N2OS. The second-order valence-electron chi connectivity index (χ2n) is 1.87. The van der Waals surface area contributed by atoms with Crippen LogP contribution in [0.5, 0.6) is 0 Å². The van der Waals surface area contributed by atoms with E-state index in [2.05, 4.69) is 4.37 Å². The fraction of sp³-hybridized carbons (Fsp3) is 0.333.